The fourth-order valence-corrected chi connectivity index (χ4v) is 2.15. The van der Waals surface area contributed by atoms with Gasteiger partial charge in [-0.05, 0) is 12.1 Å². The van der Waals surface area contributed by atoms with Crippen LogP contribution in [0.3, 0.4) is 0 Å². The third kappa shape index (κ3) is 4.93. The van der Waals surface area contributed by atoms with Gasteiger partial charge in [-0.1, -0.05) is 19.1 Å². The first-order valence-electron chi connectivity index (χ1n) is 5.93. The SMILES string of the molecule is CC(CNC(=O)c1ccccc1SCC(N)=O)C(=O)O. The summed E-state index contributed by atoms with van der Waals surface area (Å²) >= 11 is 1.17. The number of nitrogens with one attached hydrogen (secondary N) is 1. The van der Waals surface area contributed by atoms with Crippen LogP contribution in [0.5, 0.6) is 0 Å². The van der Waals surface area contributed by atoms with E-state index in [-0.39, 0.29) is 18.2 Å². The zero-order valence-electron chi connectivity index (χ0n) is 11.0. The van der Waals surface area contributed by atoms with Crippen LogP contribution >= 0.6 is 11.8 Å². The predicted octanol–water partition coefficient (Wildman–Crippen LogP) is 0.715. The van der Waals surface area contributed by atoms with Crippen molar-refractivity contribution in [2.75, 3.05) is 12.3 Å². The van der Waals surface area contributed by atoms with Gasteiger partial charge < -0.3 is 16.2 Å². The molecule has 1 rings (SSSR count). The van der Waals surface area contributed by atoms with Gasteiger partial charge in [-0.2, -0.15) is 0 Å². The molecule has 0 aliphatic carbocycles. The topological polar surface area (TPSA) is 109 Å². The van der Waals surface area contributed by atoms with Crippen LogP contribution in [0, 0.1) is 5.92 Å². The van der Waals surface area contributed by atoms with E-state index in [1.165, 1.54) is 18.7 Å². The van der Waals surface area contributed by atoms with Crippen molar-refractivity contribution in [3.05, 3.63) is 29.8 Å². The summed E-state index contributed by atoms with van der Waals surface area (Å²) in [5.41, 5.74) is 5.47. The van der Waals surface area contributed by atoms with Crippen molar-refractivity contribution >= 4 is 29.5 Å². The van der Waals surface area contributed by atoms with Gasteiger partial charge in [-0.3, -0.25) is 14.4 Å². The van der Waals surface area contributed by atoms with Crippen molar-refractivity contribution in [3.8, 4) is 0 Å². The second-order valence-electron chi connectivity index (χ2n) is 4.20. The van der Waals surface area contributed by atoms with Gasteiger partial charge in [-0.15, -0.1) is 11.8 Å². The molecule has 6 nitrogen and oxygen atoms in total. The number of carboxylic acid groups (broad SMARTS) is 1. The maximum Gasteiger partial charge on any atom is 0.308 e. The fraction of sp³-hybridized carbons (Fsp3) is 0.308. The van der Waals surface area contributed by atoms with Gasteiger partial charge in [0.25, 0.3) is 5.91 Å². The number of thioether (sulfide) groups is 1. The predicted molar refractivity (Wildman–Crippen MR) is 75.5 cm³/mol. The Balaban J connectivity index is 2.72. The average Bonchev–Trinajstić information content (AvgIpc) is 2.42. The minimum Gasteiger partial charge on any atom is -0.481 e. The van der Waals surface area contributed by atoms with Gasteiger partial charge in [0.1, 0.15) is 0 Å². The van der Waals surface area contributed by atoms with Crippen LogP contribution in [0.1, 0.15) is 17.3 Å². The van der Waals surface area contributed by atoms with E-state index < -0.39 is 17.8 Å². The van der Waals surface area contributed by atoms with Crippen molar-refractivity contribution in [2.24, 2.45) is 11.7 Å². The Morgan fingerprint density at radius 1 is 1.35 bits per heavy atom. The molecule has 0 radical (unpaired) electrons. The molecule has 1 atom stereocenters. The number of benzene rings is 1. The van der Waals surface area contributed by atoms with Crippen LogP contribution < -0.4 is 11.1 Å². The van der Waals surface area contributed by atoms with E-state index >= 15 is 0 Å². The van der Waals surface area contributed by atoms with E-state index in [2.05, 4.69) is 5.32 Å². The summed E-state index contributed by atoms with van der Waals surface area (Å²) in [4.78, 5) is 34.1. The first-order valence-corrected chi connectivity index (χ1v) is 6.91. The molecule has 2 amide bonds. The summed E-state index contributed by atoms with van der Waals surface area (Å²) < 4.78 is 0. The van der Waals surface area contributed by atoms with Crippen LogP contribution in [0.4, 0.5) is 0 Å². The first kappa shape index (κ1) is 16.0. The zero-order chi connectivity index (χ0) is 15.1. The van der Waals surface area contributed by atoms with E-state index in [1.807, 2.05) is 0 Å². The molecule has 0 bridgehead atoms. The summed E-state index contributed by atoms with van der Waals surface area (Å²) in [6, 6.07) is 6.77. The highest BCUT2D eigenvalue weighted by Crippen LogP contribution is 2.22. The van der Waals surface area contributed by atoms with Gasteiger partial charge in [0.2, 0.25) is 5.91 Å². The molecule has 0 heterocycles. The fourth-order valence-electron chi connectivity index (χ4n) is 1.36. The van der Waals surface area contributed by atoms with Crippen molar-refractivity contribution < 1.29 is 19.5 Å². The van der Waals surface area contributed by atoms with E-state index in [1.54, 1.807) is 24.3 Å². The molecule has 0 aliphatic rings. The summed E-state index contributed by atoms with van der Waals surface area (Å²) in [7, 11) is 0. The van der Waals surface area contributed by atoms with E-state index in [9.17, 15) is 14.4 Å². The molecule has 4 N–H and O–H groups in total. The second kappa shape index (κ2) is 7.54. The smallest absolute Gasteiger partial charge is 0.308 e. The maximum atomic E-state index is 12.0. The molecule has 0 fully saturated rings. The average molecular weight is 296 g/mol. The summed E-state index contributed by atoms with van der Waals surface area (Å²) in [5, 5.41) is 11.3. The van der Waals surface area contributed by atoms with E-state index in [4.69, 9.17) is 10.8 Å². The minimum atomic E-state index is -0.971. The van der Waals surface area contributed by atoms with Gasteiger partial charge >= 0.3 is 5.97 Å². The molecule has 1 aromatic rings. The van der Waals surface area contributed by atoms with Crippen molar-refractivity contribution in [1.29, 1.82) is 0 Å². The van der Waals surface area contributed by atoms with Gasteiger partial charge in [0.05, 0.1) is 17.2 Å². The van der Waals surface area contributed by atoms with Crippen LogP contribution in [-0.4, -0.2) is 35.2 Å². The molecule has 0 saturated heterocycles. The number of rotatable bonds is 7. The Morgan fingerprint density at radius 3 is 2.60 bits per heavy atom. The Hall–Kier alpha value is -2.02. The Labute approximate surface area is 120 Å². The van der Waals surface area contributed by atoms with Crippen LogP contribution in [0.15, 0.2) is 29.2 Å². The number of carboxylic acids is 1. The van der Waals surface area contributed by atoms with Crippen LogP contribution in [0.2, 0.25) is 0 Å². The molecule has 1 aromatic carbocycles. The number of carbonyl (C=O) groups is 3. The van der Waals surface area contributed by atoms with Gasteiger partial charge in [0, 0.05) is 11.4 Å². The Bertz CT molecular complexity index is 519. The standard InChI is InChI=1S/C13H16N2O4S/c1-8(13(18)19)6-15-12(17)9-4-2-3-5-10(9)20-7-11(14)16/h2-5,8H,6-7H2,1H3,(H2,14,16)(H,15,17)(H,18,19). The molecular weight excluding hydrogens is 280 g/mol. The monoisotopic (exact) mass is 296 g/mol. The molecule has 0 spiro atoms. The minimum absolute atomic E-state index is 0.0446. The lowest BCUT2D eigenvalue weighted by Crippen LogP contribution is -2.31. The first-order chi connectivity index (χ1) is 9.41. The third-order valence-corrected chi connectivity index (χ3v) is 3.59. The number of nitrogens with two attached hydrogens (primary N) is 1. The van der Waals surface area contributed by atoms with Gasteiger partial charge in [-0.25, -0.2) is 0 Å². The molecule has 7 heteroatoms. The second-order valence-corrected chi connectivity index (χ2v) is 5.22. The van der Waals surface area contributed by atoms with Crippen molar-refractivity contribution in [1.82, 2.24) is 5.32 Å². The number of hydrogen-bond donors (Lipinski definition) is 3. The number of amides is 2. The summed E-state index contributed by atoms with van der Waals surface area (Å²) in [6.07, 6.45) is 0. The molecule has 0 saturated carbocycles. The third-order valence-electron chi connectivity index (χ3n) is 2.49. The Morgan fingerprint density at radius 2 is 2.00 bits per heavy atom. The number of aliphatic carboxylic acids is 1. The lowest BCUT2D eigenvalue weighted by molar-refractivity contribution is -0.140. The number of carbonyl (C=O) groups excluding carboxylic acids is 2. The summed E-state index contributed by atoms with van der Waals surface area (Å²) in [6.45, 7) is 1.55. The lowest BCUT2D eigenvalue weighted by atomic mass is 10.1. The molecule has 20 heavy (non-hydrogen) atoms. The highest BCUT2D eigenvalue weighted by Gasteiger charge is 2.15. The number of hydrogen-bond acceptors (Lipinski definition) is 4. The zero-order valence-corrected chi connectivity index (χ0v) is 11.8. The lowest BCUT2D eigenvalue weighted by Gasteiger charge is -2.11. The largest absolute Gasteiger partial charge is 0.481 e. The maximum absolute atomic E-state index is 12.0. The van der Waals surface area contributed by atoms with E-state index in [0.29, 0.717) is 10.5 Å². The highest BCUT2D eigenvalue weighted by atomic mass is 32.2. The normalized spacial score (nSPS) is 11.7. The van der Waals surface area contributed by atoms with Crippen molar-refractivity contribution in [3.63, 3.8) is 0 Å². The highest BCUT2D eigenvalue weighted by molar-refractivity contribution is 8.00. The molecule has 1 unspecified atom stereocenters. The van der Waals surface area contributed by atoms with E-state index in [0.717, 1.165) is 0 Å². The summed E-state index contributed by atoms with van der Waals surface area (Å²) in [5.74, 6) is -2.39. The molecule has 0 aromatic heterocycles. The molecule has 108 valence electrons. The van der Waals surface area contributed by atoms with Crippen molar-refractivity contribution in [2.45, 2.75) is 11.8 Å². The quantitative estimate of drug-likeness (QED) is 0.642. The molecular formula is C13H16N2O4S. The molecule has 0 aliphatic heterocycles. The van der Waals surface area contributed by atoms with Crippen LogP contribution in [0.25, 0.3) is 0 Å². The Kier molecular flexibility index (Phi) is 6.05. The number of primary amides is 1. The van der Waals surface area contributed by atoms with Gasteiger partial charge in [0.15, 0.2) is 0 Å². The van der Waals surface area contributed by atoms with Crippen LogP contribution in [-0.2, 0) is 9.59 Å².